The summed E-state index contributed by atoms with van der Waals surface area (Å²) in [6.07, 6.45) is 6.88. The van der Waals surface area contributed by atoms with Crippen LogP contribution in [0.1, 0.15) is 53.3 Å². The van der Waals surface area contributed by atoms with Gasteiger partial charge in [-0.1, -0.05) is 54.7 Å². The van der Waals surface area contributed by atoms with Crippen molar-refractivity contribution in [2.75, 3.05) is 11.9 Å². The second kappa shape index (κ2) is 10.5. The van der Waals surface area contributed by atoms with Crippen LogP contribution in [-0.2, 0) is 16.1 Å². The molecule has 0 aliphatic heterocycles. The Bertz CT molecular complexity index is 806. The molecule has 150 valence electrons. The van der Waals surface area contributed by atoms with Gasteiger partial charge < -0.3 is 15.4 Å². The van der Waals surface area contributed by atoms with E-state index in [1.165, 1.54) is 12.8 Å². The molecule has 1 heterocycles. The van der Waals surface area contributed by atoms with Crippen molar-refractivity contribution < 1.29 is 14.3 Å². The molecule has 2 aromatic rings. The Morgan fingerprint density at radius 1 is 1.18 bits per heavy atom. The molecule has 7 nitrogen and oxygen atoms in total. The Hall–Kier alpha value is -2.03. The first-order chi connectivity index (χ1) is 13.6. The molecule has 0 radical (unpaired) electrons. The predicted octanol–water partition coefficient (Wildman–Crippen LogP) is 3.80. The third-order valence-corrected chi connectivity index (χ3v) is 5.55. The van der Waals surface area contributed by atoms with E-state index < -0.39 is 0 Å². The summed E-state index contributed by atoms with van der Waals surface area (Å²) < 4.78 is 5.43. The van der Waals surface area contributed by atoms with Crippen LogP contribution in [0.15, 0.2) is 24.3 Å². The molecule has 0 saturated heterocycles. The van der Waals surface area contributed by atoms with E-state index in [1.54, 1.807) is 24.3 Å². The van der Waals surface area contributed by atoms with E-state index in [1.807, 2.05) is 0 Å². The number of hydrogen-bond donors (Lipinski definition) is 2. The van der Waals surface area contributed by atoms with Crippen molar-refractivity contribution in [3.8, 4) is 0 Å². The number of halogens is 1. The average molecular weight is 423 g/mol. The molecule has 2 amide bonds. The van der Waals surface area contributed by atoms with E-state index >= 15 is 0 Å². The molecular weight excluding hydrogens is 400 g/mol. The first kappa shape index (κ1) is 20.7. The van der Waals surface area contributed by atoms with Crippen LogP contribution in [0.25, 0.3) is 0 Å². The molecule has 0 bridgehead atoms. The van der Waals surface area contributed by atoms with Crippen LogP contribution < -0.4 is 10.6 Å². The number of aromatic nitrogens is 2. The van der Waals surface area contributed by atoms with Crippen LogP contribution in [0.5, 0.6) is 0 Å². The minimum atomic E-state index is -0.364. The van der Waals surface area contributed by atoms with Crippen molar-refractivity contribution in [2.24, 2.45) is 0 Å². The molecule has 1 fully saturated rings. The zero-order chi connectivity index (χ0) is 19.8. The van der Waals surface area contributed by atoms with E-state index in [0.29, 0.717) is 15.7 Å². The average Bonchev–Trinajstić information content (AvgIpc) is 2.99. The van der Waals surface area contributed by atoms with Gasteiger partial charge in [0.1, 0.15) is 18.2 Å². The minimum Gasteiger partial charge on any atom is -0.364 e. The molecule has 3 rings (SSSR count). The second-order valence-corrected chi connectivity index (χ2v) is 8.21. The molecule has 1 saturated carbocycles. The van der Waals surface area contributed by atoms with E-state index in [4.69, 9.17) is 16.3 Å². The van der Waals surface area contributed by atoms with E-state index in [2.05, 4.69) is 20.8 Å². The quantitative estimate of drug-likeness (QED) is 0.662. The van der Waals surface area contributed by atoms with Crippen LogP contribution in [0.2, 0.25) is 5.02 Å². The Balaban J connectivity index is 1.41. The normalized spacial score (nSPS) is 15.0. The maximum Gasteiger partial charge on any atom is 0.286 e. The van der Waals surface area contributed by atoms with Gasteiger partial charge in [0.05, 0.1) is 0 Å². The summed E-state index contributed by atoms with van der Waals surface area (Å²) >= 11 is 7.04. The maximum atomic E-state index is 12.2. The first-order valence-electron chi connectivity index (χ1n) is 9.36. The fourth-order valence-electron chi connectivity index (χ4n) is 3.08. The molecule has 1 aromatic carbocycles. The highest BCUT2D eigenvalue weighted by molar-refractivity contribution is 7.13. The second-order valence-electron chi connectivity index (χ2n) is 6.71. The molecule has 0 spiro atoms. The van der Waals surface area contributed by atoms with Crippen LogP contribution in [-0.4, -0.2) is 34.7 Å². The van der Waals surface area contributed by atoms with Gasteiger partial charge in [0.15, 0.2) is 0 Å². The largest absolute Gasteiger partial charge is 0.364 e. The number of nitrogens with one attached hydrogen (secondary N) is 2. The van der Waals surface area contributed by atoms with Crippen LogP contribution in [0, 0.1) is 0 Å². The van der Waals surface area contributed by atoms with Gasteiger partial charge in [-0.2, -0.15) is 0 Å². The fourth-order valence-corrected chi connectivity index (χ4v) is 3.94. The summed E-state index contributed by atoms with van der Waals surface area (Å²) in [6, 6.07) is 7.11. The van der Waals surface area contributed by atoms with Crippen molar-refractivity contribution in [1.82, 2.24) is 15.5 Å². The minimum absolute atomic E-state index is 0.0277. The van der Waals surface area contributed by atoms with Gasteiger partial charge in [0.2, 0.25) is 10.9 Å². The molecule has 28 heavy (non-hydrogen) atoms. The van der Waals surface area contributed by atoms with Gasteiger partial charge >= 0.3 is 0 Å². The van der Waals surface area contributed by atoms with E-state index in [0.717, 1.165) is 37.0 Å². The number of carbonyl (C=O) groups excluding carboxylic acids is 2. The lowest BCUT2D eigenvalue weighted by molar-refractivity contribution is -0.126. The van der Waals surface area contributed by atoms with Crippen molar-refractivity contribution in [3.05, 3.63) is 39.3 Å². The smallest absolute Gasteiger partial charge is 0.286 e. The number of hydrogen-bond acceptors (Lipinski definition) is 6. The molecule has 0 atom stereocenters. The monoisotopic (exact) mass is 422 g/mol. The Morgan fingerprint density at radius 2 is 1.96 bits per heavy atom. The first-order valence-corrected chi connectivity index (χ1v) is 10.6. The molecule has 0 unspecified atom stereocenters. The van der Waals surface area contributed by atoms with E-state index in [9.17, 15) is 9.59 Å². The van der Waals surface area contributed by atoms with E-state index in [-0.39, 0.29) is 36.1 Å². The third kappa shape index (κ3) is 6.54. The predicted molar refractivity (Wildman–Crippen MR) is 109 cm³/mol. The lowest BCUT2D eigenvalue weighted by Crippen LogP contribution is -2.36. The zero-order valence-electron chi connectivity index (χ0n) is 15.4. The molecular formula is C19H23ClN4O3S. The van der Waals surface area contributed by atoms with Crippen molar-refractivity contribution >= 4 is 40.4 Å². The highest BCUT2D eigenvalue weighted by Gasteiger charge is 2.16. The summed E-state index contributed by atoms with van der Waals surface area (Å²) in [7, 11) is 0. The van der Waals surface area contributed by atoms with Gasteiger partial charge in [0.25, 0.3) is 5.91 Å². The van der Waals surface area contributed by atoms with Crippen molar-refractivity contribution in [2.45, 2.75) is 51.2 Å². The summed E-state index contributed by atoms with van der Waals surface area (Å²) in [5.41, 5.74) is 0.584. The van der Waals surface area contributed by atoms with Gasteiger partial charge in [-0.3, -0.25) is 9.59 Å². The number of benzene rings is 1. The number of amides is 2. The van der Waals surface area contributed by atoms with Crippen LogP contribution in [0.4, 0.5) is 5.69 Å². The third-order valence-electron chi connectivity index (χ3n) is 4.42. The molecule has 2 N–H and O–H groups in total. The van der Waals surface area contributed by atoms with Crippen molar-refractivity contribution in [3.63, 3.8) is 0 Å². The standard InChI is InChI=1S/C19H23ClN4O3S/c20-13-6-5-9-15(10-13)22-18(26)19-24-23-17(28-19)12-27-11-16(25)21-14-7-3-1-2-4-8-14/h5-6,9-10,14H,1-4,7-8,11-12H2,(H,21,25)(H,22,26). The fraction of sp³-hybridized carbons (Fsp3) is 0.474. The number of anilines is 1. The summed E-state index contributed by atoms with van der Waals surface area (Å²) in [4.78, 5) is 24.2. The highest BCUT2D eigenvalue weighted by atomic mass is 35.5. The van der Waals surface area contributed by atoms with Crippen LogP contribution >= 0.6 is 22.9 Å². The van der Waals surface area contributed by atoms with Crippen molar-refractivity contribution in [1.29, 1.82) is 0 Å². The maximum absolute atomic E-state index is 12.2. The highest BCUT2D eigenvalue weighted by Crippen LogP contribution is 2.18. The summed E-state index contributed by atoms with van der Waals surface area (Å²) in [5, 5.41) is 14.9. The van der Waals surface area contributed by atoms with Gasteiger partial charge in [0, 0.05) is 16.8 Å². The Morgan fingerprint density at radius 3 is 2.71 bits per heavy atom. The number of nitrogens with zero attached hydrogens (tertiary/aromatic N) is 2. The SMILES string of the molecule is O=C(COCc1nnc(C(=O)Nc2cccc(Cl)c2)s1)NC1CCCCCC1. The molecule has 9 heteroatoms. The lowest BCUT2D eigenvalue weighted by Gasteiger charge is -2.15. The molecule has 1 aliphatic rings. The van der Waals surface area contributed by atoms with Gasteiger partial charge in [-0.15, -0.1) is 10.2 Å². The lowest BCUT2D eigenvalue weighted by atomic mass is 10.1. The number of carbonyl (C=O) groups is 2. The molecule has 1 aliphatic carbocycles. The summed E-state index contributed by atoms with van der Waals surface area (Å²) in [6.45, 7) is 0.111. The number of rotatable bonds is 7. The Kier molecular flexibility index (Phi) is 7.76. The Labute approximate surface area is 172 Å². The topological polar surface area (TPSA) is 93.2 Å². The number of ether oxygens (including phenoxy) is 1. The van der Waals surface area contributed by atoms with Gasteiger partial charge in [-0.05, 0) is 31.0 Å². The summed E-state index contributed by atoms with van der Waals surface area (Å²) in [5.74, 6) is -0.479. The zero-order valence-corrected chi connectivity index (χ0v) is 17.0. The van der Waals surface area contributed by atoms with Crippen LogP contribution in [0.3, 0.4) is 0 Å². The molecule has 1 aromatic heterocycles. The van der Waals surface area contributed by atoms with Gasteiger partial charge in [-0.25, -0.2) is 0 Å².